The lowest BCUT2D eigenvalue weighted by molar-refractivity contribution is 0.415. The summed E-state index contributed by atoms with van der Waals surface area (Å²) in [6, 6.07) is 3.86. The Morgan fingerprint density at radius 3 is 2.91 bits per heavy atom. The van der Waals surface area contributed by atoms with Crippen molar-refractivity contribution in [3.63, 3.8) is 0 Å². The van der Waals surface area contributed by atoms with E-state index < -0.39 is 0 Å². The van der Waals surface area contributed by atoms with Crippen LogP contribution >= 0.6 is 11.6 Å². The van der Waals surface area contributed by atoms with Crippen LogP contribution in [0.3, 0.4) is 0 Å². The number of halogens is 1. The lowest BCUT2D eigenvalue weighted by Crippen LogP contribution is -1.86. The molecule has 2 heterocycles. The zero-order chi connectivity index (χ0) is 7.84. The number of ether oxygens (including phenoxy) is 1. The first-order valence-corrected chi connectivity index (χ1v) is 3.89. The van der Waals surface area contributed by atoms with Gasteiger partial charge in [0.25, 0.3) is 0 Å². The molecule has 0 N–H and O–H groups in total. The molecule has 1 aromatic rings. The van der Waals surface area contributed by atoms with Crippen LogP contribution in [0.2, 0.25) is 5.15 Å². The van der Waals surface area contributed by atoms with E-state index in [0.29, 0.717) is 5.15 Å². The van der Waals surface area contributed by atoms with Crippen LogP contribution in [0.1, 0.15) is 17.4 Å². The first-order valence-electron chi connectivity index (χ1n) is 3.51. The van der Waals surface area contributed by atoms with Gasteiger partial charge in [0.15, 0.2) is 0 Å². The van der Waals surface area contributed by atoms with E-state index in [1.807, 2.05) is 19.1 Å². The van der Waals surface area contributed by atoms with Crippen LogP contribution in [0.15, 0.2) is 12.1 Å². The second-order valence-electron chi connectivity index (χ2n) is 2.69. The van der Waals surface area contributed by atoms with Crippen LogP contribution < -0.4 is 0 Å². The van der Waals surface area contributed by atoms with Gasteiger partial charge < -0.3 is 4.74 Å². The maximum atomic E-state index is 5.76. The maximum absolute atomic E-state index is 5.76. The Balaban J connectivity index is 2.39. The Morgan fingerprint density at radius 1 is 1.64 bits per heavy atom. The second-order valence-corrected chi connectivity index (χ2v) is 3.07. The molecule has 3 heteroatoms. The third-order valence-electron chi connectivity index (χ3n) is 1.65. The fourth-order valence-corrected chi connectivity index (χ4v) is 1.34. The minimum Gasteiger partial charge on any atom is -0.368 e. The molecule has 0 amide bonds. The highest BCUT2D eigenvalue weighted by atomic mass is 35.5. The van der Waals surface area contributed by atoms with Gasteiger partial charge in [0.2, 0.25) is 0 Å². The van der Waals surface area contributed by atoms with E-state index in [-0.39, 0.29) is 6.10 Å². The molecule has 1 fully saturated rings. The zero-order valence-corrected chi connectivity index (χ0v) is 6.93. The van der Waals surface area contributed by atoms with Crippen molar-refractivity contribution in [1.29, 1.82) is 0 Å². The molecule has 1 aliphatic rings. The molecular formula is C8H8ClNO. The Labute approximate surface area is 70.2 Å². The van der Waals surface area contributed by atoms with Crippen LogP contribution in [0.25, 0.3) is 0 Å². The smallest absolute Gasteiger partial charge is 0.129 e. The Bertz CT molecular complexity index is 263. The van der Waals surface area contributed by atoms with Gasteiger partial charge in [-0.15, -0.1) is 0 Å². The summed E-state index contributed by atoms with van der Waals surface area (Å²) >= 11 is 5.76. The van der Waals surface area contributed by atoms with E-state index in [9.17, 15) is 0 Å². The molecule has 0 saturated carbocycles. The first-order chi connectivity index (χ1) is 5.25. The van der Waals surface area contributed by atoms with Crippen molar-refractivity contribution in [1.82, 2.24) is 4.98 Å². The number of aryl methyl sites for hydroxylation is 1. The topological polar surface area (TPSA) is 25.4 Å². The Kier molecular flexibility index (Phi) is 1.59. The third kappa shape index (κ3) is 1.52. The van der Waals surface area contributed by atoms with E-state index in [1.165, 1.54) is 0 Å². The van der Waals surface area contributed by atoms with Gasteiger partial charge in [-0.2, -0.15) is 0 Å². The van der Waals surface area contributed by atoms with Gasteiger partial charge in [0.1, 0.15) is 11.3 Å². The van der Waals surface area contributed by atoms with Crippen molar-refractivity contribution >= 4 is 11.6 Å². The molecule has 1 aliphatic heterocycles. The van der Waals surface area contributed by atoms with Gasteiger partial charge >= 0.3 is 0 Å². The minimum absolute atomic E-state index is 0.272. The van der Waals surface area contributed by atoms with Crippen molar-refractivity contribution in [2.45, 2.75) is 13.0 Å². The Morgan fingerprint density at radius 2 is 2.36 bits per heavy atom. The number of nitrogens with zero attached hydrogens (tertiary/aromatic N) is 1. The second kappa shape index (κ2) is 2.47. The van der Waals surface area contributed by atoms with Gasteiger partial charge in [-0.05, 0) is 24.6 Å². The molecule has 1 atom stereocenters. The molecule has 11 heavy (non-hydrogen) atoms. The summed E-state index contributed by atoms with van der Waals surface area (Å²) in [6.45, 7) is 2.75. The molecule has 2 nitrogen and oxygen atoms in total. The summed E-state index contributed by atoms with van der Waals surface area (Å²) in [7, 11) is 0. The van der Waals surface area contributed by atoms with Gasteiger partial charge in [-0.3, -0.25) is 0 Å². The van der Waals surface area contributed by atoms with Gasteiger partial charge in [-0.1, -0.05) is 11.6 Å². The Hall–Kier alpha value is -0.600. The van der Waals surface area contributed by atoms with Crippen molar-refractivity contribution in [3.8, 4) is 0 Å². The fourth-order valence-electron chi connectivity index (χ4n) is 1.08. The highest BCUT2D eigenvalue weighted by Gasteiger charge is 2.25. The van der Waals surface area contributed by atoms with E-state index in [1.54, 1.807) is 0 Å². The molecule has 0 aromatic carbocycles. The molecule has 0 bridgehead atoms. The SMILES string of the molecule is Cc1cc(C2CO2)cc(Cl)n1. The van der Waals surface area contributed by atoms with Crippen LogP contribution in [0.5, 0.6) is 0 Å². The van der Waals surface area contributed by atoms with Gasteiger partial charge in [0, 0.05) is 5.69 Å². The van der Waals surface area contributed by atoms with E-state index >= 15 is 0 Å². The summed E-state index contributed by atoms with van der Waals surface area (Å²) in [6.07, 6.45) is 0.272. The van der Waals surface area contributed by atoms with Gasteiger partial charge in [0.05, 0.1) is 6.61 Å². The number of pyridine rings is 1. The zero-order valence-electron chi connectivity index (χ0n) is 6.17. The molecule has 1 aromatic heterocycles. The largest absolute Gasteiger partial charge is 0.368 e. The highest BCUT2D eigenvalue weighted by Crippen LogP contribution is 2.30. The molecule has 0 aliphatic carbocycles. The van der Waals surface area contributed by atoms with E-state index in [0.717, 1.165) is 17.9 Å². The average molecular weight is 170 g/mol. The number of aromatic nitrogens is 1. The van der Waals surface area contributed by atoms with Crippen LogP contribution in [0, 0.1) is 6.92 Å². The monoisotopic (exact) mass is 169 g/mol. The molecular weight excluding hydrogens is 162 g/mol. The lowest BCUT2D eigenvalue weighted by atomic mass is 10.2. The number of epoxide rings is 1. The van der Waals surface area contributed by atoms with E-state index in [4.69, 9.17) is 16.3 Å². The molecule has 0 radical (unpaired) electrons. The first kappa shape index (κ1) is 7.07. The number of hydrogen-bond acceptors (Lipinski definition) is 2. The van der Waals surface area contributed by atoms with Crippen molar-refractivity contribution in [3.05, 3.63) is 28.5 Å². The quantitative estimate of drug-likeness (QED) is 0.475. The summed E-state index contributed by atoms with van der Waals surface area (Å²) in [4.78, 5) is 4.05. The minimum atomic E-state index is 0.272. The highest BCUT2D eigenvalue weighted by molar-refractivity contribution is 6.29. The van der Waals surface area contributed by atoms with Crippen molar-refractivity contribution in [2.75, 3.05) is 6.61 Å². The molecule has 1 unspecified atom stereocenters. The maximum Gasteiger partial charge on any atom is 0.129 e. The molecule has 2 rings (SSSR count). The predicted octanol–water partition coefficient (Wildman–Crippen LogP) is 2.11. The third-order valence-corrected chi connectivity index (χ3v) is 1.84. The van der Waals surface area contributed by atoms with Crippen LogP contribution in [-0.2, 0) is 4.74 Å². The normalized spacial score (nSPS) is 21.8. The predicted molar refractivity (Wildman–Crippen MR) is 42.7 cm³/mol. The van der Waals surface area contributed by atoms with Crippen LogP contribution in [0.4, 0.5) is 0 Å². The summed E-state index contributed by atoms with van der Waals surface area (Å²) in [5, 5.41) is 0.551. The summed E-state index contributed by atoms with van der Waals surface area (Å²) in [5.74, 6) is 0. The lowest BCUT2D eigenvalue weighted by Gasteiger charge is -1.97. The standard InChI is InChI=1S/C8H8ClNO/c1-5-2-6(7-4-11-7)3-8(9)10-5/h2-3,7H,4H2,1H3. The molecule has 1 saturated heterocycles. The van der Waals surface area contributed by atoms with Crippen molar-refractivity contribution in [2.24, 2.45) is 0 Å². The number of hydrogen-bond donors (Lipinski definition) is 0. The molecule has 58 valence electrons. The average Bonchev–Trinajstić information content (AvgIpc) is 2.64. The summed E-state index contributed by atoms with van der Waals surface area (Å²) in [5.41, 5.74) is 2.09. The van der Waals surface area contributed by atoms with Crippen LogP contribution in [-0.4, -0.2) is 11.6 Å². The van der Waals surface area contributed by atoms with Crippen molar-refractivity contribution < 1.29 is 4.74 Å². The number of rotatable bonds is 1. The summed E-state index contributed by atoms with van der Waals surface area (Å²) < 4.78 is 5.12. The fraction of sp³-hybridized carbons (Fsp3) is 0.375. The molecule has 0 spiro atoms. The van der Waals surface area contributed by atoms with Gasteiger partial charge in [-0.25, -0.2) is 4.98 Å². The van der Waals surface area contributed by atoms with E-state index in [2.05, 4.69) is 4.98 Å².